The summed E-state index contributed by atoms with van der Waals surface area (Å²) < 4.78 is 4.10. The highest BCUT2D eigenvalue weighted by Crippen LogP contribution is 2.60. The van der Waals surface area contributed by atoms with Crippen LogP contribution in [0, 0.1) is 0 Å². The molecule has 3 heterocycles. The molecule has 1 N–H and O–H groups in total. The first-order chi connectivity index (χ1) is 37.3. The molecule has 11 aromatic rings. The molecule has 1 aliphatic heterocycles. The molecule has 3 aliphatic carbocycles. The summed E-state index contributed by atoms with van der Waals surface area (Å²) in [6.07, 6.45) is 2.33. The average molecular weight is 1030 g/mol. The van der Waals surface area contributed by atoms with Gasteiger partial charge in [0.1, 0.15) is 0 Å². The van der Waals surface area contributed by atoms with Crippen LogP contribution in [0.1, 0.15) is 128 Å². The molecule has 2 nitrogen and oxygen atoms in total. The molecule has 382 valence electrons. The zero-order chi connectivity index (χ0) is 53.6. The number of hydrogen-bond donors (Lipinski definition) is 1. The number of anilines is 2. The molecule has 9 aromatic carbocycles. The van der Waals surface area contributed by atoms with Crippen molar-refractivity contribution >= 4 is 72.8 Å². The lowest BCUT2D eigenvalue weighted by molar-refractivity contribution is 0.332. The average Bonchev–Trinajstić information content (AvgIpc) is 3.15. The first-order valence-electron chi connectivity index (χ1n) is 28.5. The molecule has 0 saturated carbocycles. The molecule has 2 aromatic heterocycles. The van der Waals surface area contributed by atoms with Gasteiger partial charge in [0.25, 0.3) is 0 Å². The first kappa shape index (κ1) is 47.8. The number of thiophene rings is 1. The molecular formula is C74H67BN2S. The van der Waals surface area contributed by atoms with Gasteiger partial charge >= 0.3 is 0 Å². The number of rotatable bonds is 5. The highest BCUT2D eigenvalue weighted by molar-refractivity contribution is 7.23. The zero-order valence-corrected chi connectivity index (χ0v) is 48.0. The van der Waals surface area contributed by atoms with Crippen molar-refractivity contribution in [2.24, 2.45) is 0 Å². The van der Waals surface area contributed by atoms with E-state index in [1.807, 2.05) is 11.3 Å². The second-order valence-corrected chi connectivity index (χ2v) is 27.8. The lowest BCUT2D eigenvalue weighted by Gasteiger charge is -2.42. The molecule has 0 radical (unpaired) electrons. The number of nitrogens with one attached hydrogen (secondary N) is 1. The molecule has 78 heavy (non-hydrogen) atoms. The molecule has 4 heteroatoms. The third-order valence-electron chi connectivity index (χ3n) is 19.4. The Kier molecular flexibility index (Phi) is 9.87. The molecule has 0 atom stereocenters. The largest absolute Gasteiger partial charge is 0.355 e. The minimum Gasteiger partial charge on any atom is -0.355 e. The van der Waals surface area contributed by atoms with Crippen molar-refractivity contribution in [3.63, 3.8) is 0 Å². The van der Waals surface area contributed by atoms with Crippen LogP contribution >= 0.6 is 11.3 Å². The Balaban J connectivity index is 1.12. The maximum atomic E-state index is 4.17. The summed E-state index contributed by atoms with van der Waals surface area (Å²) in [5.41, 5.74) is 30.5. The summed E-state index contributed by atoms with van der Waals surface area (Å²) >= 11 is 1.95. The quantitative estimate of drug-likeness (QED) is 0.170. The third kappa shape index (κ3) is 6.62. The SMILES string of the molecule is CC(C)(C)c1ccc(Nc2cc3c(cc2-c2c4c(c5c6cc7c(cc6n6c5c2Bc2cc5sc(-c8ccccc8)c(-c8ccccc8)c5cc2-6)C(C)(C)CCC7(C)C)C(C)(C)c2ccccc2-4)-c2ccccc2C3(C)C)cc1. The van der Waals surface area contributed by atoms with E-state index in [4.69, 9.17) is 0 Å². The molecule has 0 spiro atoms. The number of nitrogens with zero attached hydrogens (tertiary/aromatic N) is 1. The fraction of sp³-hybridized carbons (Fsp3) is 0.243. The zero-order valence-electron chi connectivity index (χ0n) is 47.1. The van der Waals surface area contributed by atoms with Gasteiger partial charge in [0.2, 0.25) is 0 Å². The summed E-state index contributed by atoms with van der Waals surface area (Å²) in [7, 11) is 0.804. The molecule has 15 rings (SSSR count). The van der Waals surface area contributed by atoms with Crippen LogP contribution in [0.25, 0.3) is 92.5 Å². The molecule has 0 fully saturated rings. The van der Waals surface area contributed by atoms with Gasteiger partial charge in [0, 0.05) is 70.3 Å². The van der Waals surface area contributed by atoms with E-state index in [1.54, 1.807) is 0 Å². The van der Waals surface area contributed by atoms with Gasteiger partial charge in [0.15, 0.2) is 7.28 Å². The lowest BCUT2D eigenvalue weighted by Crippen LogP contribution is -2.38. The van der Waals surface area contributed by atoms with E-state index < -0.39 is 0 Å². The molecule has 0 saturated heterocycles. The normalized spacial score (nSPS) is 16.6. The van der Waals surface area contributed by atoms with E-state index in [9.17, 15) is 0 Å². The van der Waals surface area contributed by atoms with Crippen LogP contribution < -0.4 is 16.2 Å². The molecule has 0 bridgehead atoms. The molecule has 0 amide bonds. The van der Waals surface area contributed by atoms with Crippen LogP contribution in [-0.4, -0.2) is 11.8 Å². The second kappa shape index (κ2) is 16.1. The maximum Gasteiger partial charge on any atom is 0.198 e. The summed E-state index contributed by atoms with van der Waals surface area (Å²) in [4.78, 5) is 1.32. The van der Waals surface area contributed by atoms with E-state index in [0.717, 1.165) is 25.1 Å². The minimum absolute atomic E-state index is 0.0290. The molecule has 0 unspecified atom stereocenters. The smallest absolute Gasteiger partial charge is 0.198 e. The van der Waals surface area contributed by atoms with Gasteiger partial charge in [-0.2, -0.15) is 0 Å². The first-order valence-corrected chi connectivity index (χ1v) is 29.3. The van der Waals surface area contributed by atoms with Crippen molar-refractivity contribution in [1.29, 1.82) is 0 Å². The van der Waals surface area contributed by atoms with Gasteiger partial charge in [-0.1, -0.05) is 203 Å². The van der Waals surface area contributed by atoms with Gasteiger partial charge in [0.05, 0.1) is 5.52 Å². The fourth-order valence-corrected chi connectivity index (χ4v) is 16.3. The standard InChI is InChI=1S/C74H67BN2S/c1-70(2,3)44-30-32-45(33-31-44)76-58-39-54-48(46-26-18-20-28-52(46)73(54,8)9)36-49(58)64-63-47-27-19-21-29-53(47)74(10,11)66(63)65-50-37-55-56(72(6,7)35-34-71(55,4)5)40-59(50)77-60-38-51-61(41-57(60)75-67(64)68(65)77)78-69(43-24-16-13-17-25-43)62(51)42-22-14-12-15-23-42/h12-33,36-41,75-76H,34-35H2,1-11H3. The van der Waals surface area contributed by atoms with E-state index >= 15 is 0 Å². The maximum absolute atomic E-state index is 4.17. The number of hydrogen-bond acceptors (Lipinski definition) is 2. The highest BCUT2D eigenvalue weighted by atomic mass is 32.1. The Morgan fingerprint density at radius 1 is 0.513 bits per heavy atom. The Morgan fingerprint density at radius 3 is 1.81 bits per heavy atom. The molecular weight excluding hydrogens is 960 g/mol. The lowest BCUT2D eigenvalue weighted by atomic mass is 9.57. The van der Waals surface area contributed by atoms with Gasteiger partial charge in [-0.25, -0.2) is 0 Å². The summed E-state index contributed by atoms with van der Waals surface area (Å²) in [5, 5.41) is 8.30. The van der Waals surface area contributed by atoms with Crippen LogP contribution in [-0.2, 0) is 27.1 Å². The van der Waals surface area contributed by atoms with Gasteiger partial charge < -0.3 is 9.88 Å². The van der Waals surface area contributed by atoms with Crippen molar-refractivity contribution in [1.82, 2.24) is 4.57 Å². The minimum atomic E-state index is -0.298. The van der Waals surface area contributed by atoms with Crippen molar-refractivity contribution in [3.05, 3.63) is 209 Å². The second-order valence-electron chi connectivity index (χ2n) is 26.8. The van der Waals surface area contributed by atoms with E-state index in [2.05, 4.69) is 256 Å². The summed E-state index contributed by atoms with van der Waals surface area (Å²) in [5.74, 6) is 0. The third-order valence-corrected chi connectivity index (χ3v) is 20.6. The predicted molar refractivity (Wildman–Crippen MR) is 338 cm³/mol. The van der Waals surface area contributed by atoms with E-state index in [1.165, 1.54) is 149 Å². The number of aromatic nitrogens is 1. The number of benzene rings is 9. The van der Waals surface area contributed by atoms with Crippen molar-refractivity contribution in [2.45, 2.75) is 116 Å². The Labute approximate surface area is 465 Å². The topological polar surface area (TPSA) is 17.0 Å². The van der Waals surface area contributed by atoms with Crippen molar-refractivity contribution < 1.29 is 0 Å². The van der Waals surface area contributed by atoms with Crippen LogP contribution in [0.5, 0.6) is 0 Å². The monoisotopic (exact) mass is 1030 g/mol. The summed E-state index contributed by atoms with van der Waals surface area (Å²) in [6, 6.07) is 65.7. The Morgan fingerprint density at radius 2 is 1.13 bits per heavy atom. The molecule has 4 aliphatic rings. The van der Waals surface area contributed by atoms with Gasteiger partial charge in [-0.3, -0.25) is 0 Å². The van der Waals surface area contributed by atoms with E-state index in [-0.39, 0.29) is 27.1 Å². The van der Waals surface area contributed by atoms with Crippen LogP contribution in [0.4, 0.5) is 11.4 Å². The van der Waals surface area contributed by atoms with Crippen molar-refractivity contribution in [3.8, 4) is 60.6 Å². The van der Waals surface area contributed by atoms with Crippen LogP contribution in [0.15, 0.2) is 170 Å². The predicted octanol–water partition coefficient (Wildman–Crippen LogP) is 18.7. The van der Waals surface area contributed by atoms with E-state index in [0.29, 0.717) is 0 Å². The summed E-state index contributed by atoms with van der Waals surface area (Å²) in [6.45, 7) is 26.7. The fourth-order valence-electron chi connectivity index (χ4n) is 15.1. The highest BCUT2D eigenvalue weighted by Gasteiger charge is 2.46. The number of fused-ring (bicyclic) bond motifs is 14. The van der Waals surface area contributed by atoms with Crippen LogP contribution in [0.3, 0.4) is 0 Å². The Bertz CT molecular complexity index is 4380. The van der Waals surface area contributed by atoms with Gasteiger partial charge in [-0.15, -0.1) is 11.3 Å². The van der Waals surface area contributed by atoms with Crippen LogP contribution in [0.2, 0.25) is 0 Å². The Hall–Kier alpha value is -7.40. The van der Waals surface area contributed by atoms with Gasteiger partial charge in [-0.05, 0) is 161 Å². The van der Waals surface area contributed by atoms with Crippen molar-refractivity contribution in [2.75, 3.05) is 5.32 Å².